The zero-order valence-electron chi connectivity index (χ0n) is 9.44. The van der Waals surface area contributed by atoms with Crippen molar-refractivity contribution in [1.82, 2.24) is 9.96 Å². The number of nitrogens with zero attached hydrogens (tertiary/aromatic N) is 1. The monoisotopic (exact) mass is 256 g/mol. The Morgan fingerprint density at radius 3 is 2.89 bits per heavy atom. The average molecular weight is 256 g/mol. The van der Waals surface area contributed by atoms with Crippen LogP contribution in [-0.2, 0) is 9.59 Å². The number of aliphatic hydroxyl groups is 1. The van der Waals surface area contributed by atoms with Crippen molar-refractivity contribution in [2.75, 3.05) is 13.2 Å². The standard InChI is InChI=1S/C10H13N3O5/c11-9(15)8-10(16)13(17,6(5-14)4-12-8)7-2-1-3-18-7/h1-3,6,8,12,14,17H,4-5H2,(H-,11,15)/p+1/t6-,8?,13-/m1/s1. The highest BCUT2D eigenvalue weighted by molar-refractivity contribution is 6.07. The third-order valence-electron chi connectivity index (χ3n) is 3.01. The van der Waals surface area contributed by atoms with Crippen molar-refractivity contribution in [3.8, 4) is 0 Å². The Hall–Kier alpha value is -1.74. The first-order valence-electron chi connectivity index (χ1n) is 5.35. The van der Waals surface area contributed by atoms with Crippen LogP contribution in [0, 0.1) is 0 Å². The Morgan fingerprint density at radius 2 is 2.39 bits per heavy atom. The van der Waals surface area contributed by atoms with Crippen LogP contribution in [0.4, 0.5) is 5.88 Å². The minimum Gasteiger partial charge on any atom is -0.418 e. The molecule has 1 aliphatic rings. The fraction of sp³-hybridized carbons (Fsp3) is 0.400. The van der Waals surface area contributed by atoms with E-state index >= 15 is 0 Å². The van der Waals surface area contributed by atoms with Crippen LogP contribution in [0.2, 0.25) is 0 Å². The Labute approximate surface area is 102 Å². The largest absolute Gasteiger partial charge is 0.418 e. The van der Waals surface area contributed by atoms with Crippen LogP contribution in [0.5, 0.6) is 0 Å². The van der Waals surface area contributed by atoms with Gasteiger partial charge in [0.05, 0.1) is 12.8 Å². The predicted molar refractivity (Wildman–Crippen MR) is 59.2 cm³/mol. The first kappa shape index (κ1) is 12.7. The SMILES string of the molecule is NC(=O)C1NC[C@H](CO)[N@@+](O)(c2ccco2)C1=O. The highest BCUT2D eigenvalue weighted by Gasteiger charge is 2.56. The van der Waals surface area contributed by atoms with Gasteiger partial charge in [0.25, 0.3) is 0 Å². The number of aliphatic hydroxyl groups excluding tert-OH is 1. The molecule has 18 heavy (non-hydrogen) atoms. The van der Waals surface area contributed by atoms with Gasteiger partial charge < -0.3 is 15.3 Å². The van der Waals surface area contributed by atoms with E-state index in [9.17, 15) is 19.9 Å². The van der Waals surface area contributed by atoms with Crippen LogP contribution >= 0.6 is 0 Å². The van der Waals surface area contributed by atoms with Crippen molar-refractivity contribution in [3.63, 3.8) is 0 Å². The summed E-state index contributed by atoms with van der Waals surface area (Å²) in [4.78, 5) is 23.3. The number of rotatable bonds is 3. The number of carbonyl (C=O) groups excluding carboxylic acids is 2. The molecule has 0 saturated carbocycles. The van der Waals surface area contributed by atoms with Gasteiger partial charge in [-0.25, -0.2) is 10.0 Å². The molecule has 5 N–H and O–H groups in total. The summed E-state index contributed by atoms with van der Waals surface area (Å²) in [7, 11) is 0. The van der Waals surface area contributed by atoms with E-state index in [2.05, 4.69) is 5.32 Å². The summed E-state index contributed by atoms with van der Waals surface area (Å²) in [6.07, 6.45) is 1.29. The number of hydrogen-bond acceptors (Lipinski definition) is 6. The number of hydrogen-bond donors (Lipinski definition) is 4. The topological polar surface area (TPSA) is 126 Å². The molecule has 0 radical (unpaired) electrons. The molecule has 0 aromatic carbocycles. The van der Waals surface area contributed by atoms with E-state index in [4.69, 9.17) is 10.2 Å². The lowest BCUT2D eigenvalue weighted by Gasteiger charge is -2.37. The molecule has 2 amide bonds. The van der Waals surface area contributed by atoms with E-state index in [0.29, 0.717) is 0 Å². The van der Waals surface area contributed by atoms with Crippen LogP contribution in [0.25, 0.3) is 0 Å². The van der Waals surface area contributed by atoms with Gasteiger partial charge in [-0.2, -0.15) is 0 Å². The quantitative estimate of drug-likeness (QED) is 0.291. The van der Waals surface area contributed by atoms with Gasteiger partial charge in [-0.15, -0.1) is 0 Å². The Bertz CT molecular complexity index is 460. The van der Waals surface area contributed by atoms with E-state index in [1.54, 1.807) is 0 Å². The van der Waals surface area contributed by atoms with Crippen molar-refractivity contribution in [3.05, 3.63) is 18.4 Å². The Kier molecular flexibility index (Phi) is 3.18. The molecule has 0 aliphatic carbocycles. The second kappa shape index (κ2) is 4.50. The second-order valence-electron chi connectivity index (χ2n) is 4.06. The van der Waals surface area contributed by atoms with Gasteiger partial charge in [0, 0.05) is 6.07 Å². The number of carbonyl (C=O) groups is 2. The predicted octanol–water partition coefficient (Wildman–Crippen LogP) is -1.68. The first-order chi connectivity index (χ1) is 8.51. The van der Waals surface area contributed by atoms with Gasteiger partial charge in [-0.05, 0) is 10.7 Å². The third kappa shape index (κ3) is 1.71. The second-order valence-corrected chi connectivity index (χ2v) is 4.06. The molecule has 1 unspecified atom stereocenters. The lowest BCUT2D eigenvalue weighted by molar-refractivity contribution is -0.187. The van der Waals surface area contributed by atoms with Crippen molar-refractivity contribution >= 4 is 17.7 Å². The van der Waals surface area contributed by atoms with Gasteiger partial charge in [0.15, 0.2) is 6.04 Å². The van der Waals surface area contributed by atoms with Gasteiger partial charge in [-0.1, -0.05) is 0 Å². The Morgan fingerprint density at radius 1 is 1.67 bits per heavy atom. The number of furan rings is 1. The summed E-state index contributed by atoms with van der Waals surface area (Å²) in [6.45, 7) is -0.408. The summed E-state index contributed by atoms with van der Waals surface area (Å²) < 4.78 is 3.74. The summed E-state index contributed by atoms with van der Waals surface area (Å²) in [6, 6.07) is 0.709. The minimum atomic E-state index is -1.32. The van der Waals surface area contributed by atoms with Gasteiger partial charge in [-0.3, -0.25) is 10.1 Å². The molecule has 8 heteroatoms. The number of quaternary nitrogens is 1. The molecule has 2 heterocycles. The van der Waals surface area contributed by atoms with Crippen molar-refractivity contribution in [2.45, 2.75) is 12.1 Å². The van der Waals surface area contributed by atoms with Gasteiger partial charge in [0.1, 0.15) is 6.61 Å². The van der Waals surface area contributed by atoms with Gasteiger partial charge >= 0.3 is 11.8 Å². The van der Waals surface area contributed by atoms with Crippen LogP contribution in [-0.4, -0.2) is 47.4 Å². The fourth-order valence-corrected chi connectivity index (χ4v) is 2.01. The highest BCUT2D eigenvalue weighted by atomic mass is 16.6. The van der Waals surface area contributed by atoms with Crippen LogP contribution in [0.3, 0.4) is 0 Å². The normalized spacial score (nSPS) is 32.4. The molecule has 2 rings (SSSR count). The number of hydroxylamine groups is 2. The lowest BCUT2D eigenvalue weighted by atomic mass is 10.1. The fourth-order valence-electron chi connectivity index (χ4n) is 2.01. The Balaban J connectivity index is 2.44. The zero-order chi connectivity index (χ0) is 13.3. The number of nitrogens with two attached hydrogens (primary N) is 1. The summed E-state index contributed by atoms with van der Waals surface area (Å²) >= 11 is 0. The molecule has 1 aromatic heterocycles. The minimum absolute atomic E-state index is 0.0487. The smallest absolute Gasteiger partial charge is 0.380 e. The summed E-state index contributed by atoms with van der Waals surface area (Å²) in [5.41, 5.74) is 5.08. The molecule has 8 nitrogen and oxygen atoms in total. The molecule has 0 bridgehead atoms. The highest BCUT2D eigenvalue weighted by Crippen LogP contribution is 2.28. The maximum Gasteiger partial charge on any atom is 0.380 e. The molecule has 0 spiro atoms. The molecule has 1 aromatic rings. The van der Waals surface area contributed by atoms with Crippen molar-refractivity contribution in [2.24, 2.45) is 5.73 Å². The first-order valence-corrected chi connectivity index (χ1v) is 5.35. The molecule has 1 aliphatic heterocycles. The molecular formula is C10H14N3O5+. The van der Waals surface area contributed by atoms with E-state index in [0.717, 1.165) is 0 Å². The third-order valence-corrected chi connectivity index (χ3v) is 3.01. The molecule has 3 atom stereocenters. The average Bonchev–Trinajstić information content (AvgIpc) is 2.86. The van der Waals surface area contributed by atoms with E-state index in [-0.39, 0.29) is 12.4 Å². The number of nitrogens with one attached hydrogen (secondary N) is 1. The number of amides is 2. The van der Waals surface area contributed by atoms with E-state index < -0.39 is 35.2 Å². The number of primary amides is 1. The van der Waals surface area contributed by atoms with Crippen molar-refractivity contribution in [1.29, 1.82) is 0 Å². The number of piperazine rings is 1. The van der Waals surface area contributed by atoms with Crippen molar-refractivity contribution < 1.29 is 24.3 Å². The molecular weight excluding hydrogens is 242 g/mol. The van der Waals surface area contributed by atoms with E-state index in [1.807, 2.05) is 0 Å². The molecule has 1 fully saturated rings. The van der Waals surface area contributed by atoms with Crippen LogP contribution in [0.15, 0.2) is 22.8 Å². The maximum atomic E-state index is 12.1. The van der Waals surface area contributed by atoms with Crippen LogP contribution in [0.1, 0.15) is 0 Å². The van der Waals surface area contributed by atoms with Gasteiger partial charge in [0.2, 0.25) is 11.9 Å². The maximum absolute atomic E-state index is 12.1. The van der Waals surface area contributed by atoms with E-state index in [1.165, 1.54) is 18.4 Å². The molecule has 98 valence electrons. The lowest BCUT2D eigenvalue weighted by Crippen LogP contribution is -2.74. The summed E-state index contributed by atoms with van der Waals surface area (Å²) in [5.74, 6) is -1.82. The zero-order valence-corrected chi connectivity index (χ0v) is 9.44. The summed E-state index contributed by atoms with van der Waals surface area (Å²) in [5, 5.41) is 22.3. The van der Waals surface area contributed by atoms with Crippen LogP contribution < -0.4 is 15.7 Å². The molecule has 1 saturated heterocycles.